The number of hydrogen-bond acceptors (Lipinski definition) is 8. The Bertz CT molecular complexity index is 1090. The molecule has 1 unspecified atom stereocenters. The third kappa shape index (κ3) is 5.43. The summed E-state index contributed by atoms with van der Waals surface area (Å²) in [4.78, 5) is 11.4. The minimum atomic E-state index is 0.119. The van der Waals surface area contributed by atoms with Gasteiger partial charge in [0, 0.05) is 50.1 Å². The topological polar surface area (TPSA) is 113 Å². The van der Waals surface area contributed by atoms with Crippen LogP contribution in [0.4, 0.5) is 11.8 Å². The number of nitrogen functional groups attached to an aromatic ring is 1. The van der Waals surface area contributed by atoms with Gasteiger partial charge in [-0.3, -0.25) is 4.90 Å². The van der Waals surface area contributed by atoms with Gasteiger partial charge in [0.05, 0.1) is 19.2 Å². The lowest BCUT2D eigenvalue weighted by molar-refractivity contribution is 0.124. The first-order valence-electron chi connectivity index (χ1n) is 12.1. The van der Waals surface area contributed by atoms with Gasteiger partial charge in [-0.05, 0) is 37.6 Å². The smallest absolute Gasteiger partial charge is 0.222 e. The van der Waals surface area contributed by atoms with Crippen LogP contribution in [0.25, 0.3) is 11.0 Å². The predicted molar refractivity (Wildman–Crippen MR) is 136 cm³/mol. The van der Waals surface area contributed by atoms with E-state index >= 15 is 0 Å². The van der Waals surface area contributed by atoms with Crippen LogP contribution in [0.15, 0.2) is 30.5 Å². The van der Waals surface area contributed by atoms with Crippen molar-refractivity contribution in [2.75, 3.05) is 44.9 Å². The summed E-state index contributed by atoms with van der Waals surface area (Å²) in [5.74, 6) is 1.81. The van der Waals surface area contributed by atoms with Crippen molar-refractivity contribution in [3.63, 3.8) is 0 Å². The number of likely N-dealkylation sites (N-methyl/N-ethyl adjacent to an activating group) is 1. The normalized spacial score (nSPS) is 15.4. The van der Waals surface area contributed by atoms with Crippen molar-refractivity contribution in [2.24, 2.45) is 0 Å². The lowest BCUT2D eigenvalue weighted by Crippen LogP contribution is -2.56. The molecule has 34 heavy (non-hydrogen) atoms. The zero-order valence-electron chi connectivity index (χ0n) is 20.4. The molecule has 0 saturated carbocycles. The van der Waals surface area contributed by atoms with E-state index in [2.05, 4.69) is 55.2 Å². The maximum absolute atomic E-state index is 9.48. The highest BCUT2D eigenvalue weighted by atomic mass is 16.5. The Morgan fingerprint density at radius 2 is 2.03 bits per heavy atom. The highest BCUT2D eigenvalue weighted by Crippen LogP contribution is 2.28. The van der Waals surface area contributed by atoms with Crippen LogP contribution in [0.5, 0.6) is 5.75 Å². The van der Waals surface area contributed by atoms with Gasteiger partial charge in [-0.2, -0.15) is 4.98 Å². The lowest BCUT2D eigenvalue weighted by atomic mass is 10.1. The van der Waals surface area contributed by atoms with Gasteiger partial charge in [0.1, 0.15) is 11.3 Å². The SMILES string of the molecule is CCCC(CCO)Nc1nc(N)nc2ccn(Cc3ccc(CN4CC(NC)C4)cc3OC)c12. The second-order valence-corrected chi connectivity index (χ2v) is 9.08. The predicted octanol–water partition coefficient (Wildman–Crippen LogP) is 2.44. The highest BCUT2D eigenvalue weighted by Gasteiger charge is 2.25. The zero-order chi connectivity index (χ0) is 24.1. The average Bonchev–Trinajstić information content (AvgIpc) is 3.19. The summed E-state index contributed by atoms with van der Waals surface area (Å²) in [7, 11) is 3.74. The van der Waals surface area contributed by atoms with E-state index in [1.165, 1.54) is 5.56 Å². The van der Waals surface area contributed by atoms with Gasteiger partial charge >= 0.3 is 0 Å². The number of rotatable bonds is 12. The molecule has 5 N–H and O–H groups in total. The van der Waals surface area contributed by atoms with Crippen LogP contribution < -0.4 is 21.1 Å². The first-order valence-corrected chi connectivity index (χ1v) is 12.1. The molecule has 1 aromatic carbocycles. The Morgan fingerprint density at radius 1 is 1.21 bits per heavy atom. The number of aliphatic hydroxyl groups excluding tert-OH is 1. The summed E-state index contributed by atoms with van der Waals surface area (Å²) in [5.41, 5.74) is 10.0. The molecule has 1 atom stereocenters. The number of nitrogens with two attached hydrogens (primary N) is 1. The molecule has 4 rings (SSSR count). The number of aliphatic hydroxyl groups is 1. The molecular weight excluding hydrogens is 430 g/mol. The van der Waals surface area contributed by atoms with E-state index in [0.29, 0.717) is 24.8 Å². The van der Waals surface area contributed by atoms with Crippen LogP contribution in [-0.2, 0) is 13.1 Å². The molecule has 0 spiro atoms. The number of fused-ring (bicyclic) bond motifs is 1. The van der Waals surface area contributed by atoms with Crippen molar-refractivity contribution in [1.82, 2.24) is 24.8 Å². The van der Waals surface area contributed by atoms with Crippen molar-refractivity contribution in [3.05, 3.63) is 41.6 Å². The van der Waals surface area contributed by atoms with Gasteiger partial charge in [0.25, 0.3) is 0 Å². The van der Waals surface area contributed by atoms with E-state index in [9.17, 15) is 5.11 Å². The Morgan fingerprint density at radius 3 is 2.74 bits per heavy atom. The first kappa shape index (κ1) is 24.3. The fourth-order valence-corrected chi connectivity index (χ4v) is 4.68. The molecular formula is C25H37N7O2. The Kier molecular flexibility index (Phi) is 7.87. The Balaban J connectivity index is 1.58. The molecule has 0 bridgehead atoms. The molecule has 1 saturated heterocycles. The largest absolute Gasteiger partial charge is 0.496 e. The first-order chi connectivity index (χ1) is 16.5. The second kappa shape index (κ2) is 11.0. The summed E-state index contributed by atoms with van der Waals surface area (Å²) in [6.45, 7) is 5.95. The van der Waals surface area contributed by atoms with Crippen LogP contribution in [-0.4, -0.2) is 70.5 Å². The molecule has 0 amide bonds. The van der Waals surface area contributed by atoms with Crippen molar-refractivity contribution in [3.8, 4) is 5.75 Å². The van der Waals surface area contributed by atoms with Crippen molar-refractivity contribution < 1.29 is 9.84 Å². The number of hydrogen-bond donors (Lipinski definition) is 4. The molecule has 184 valence electrons. The summed E-state index contributed by atoms with van der Waals surface area (Å²) in [6, 6.07) is 9.14. The van der Waals surface area contributed by atoms with Crippen LogP contribution in [0.3, 0.4) is 0 Å². The number of likely N-dealkylation sites (tertiary alicyclic amines) is 1. The van der Waals surface area contributed by atoms with Crippen LogP contribution in [0.1, 0.15) is 37.3 Å². The number of benzene rings is 1. The van der Waals surface area contributed by atoms with Crippen molar-refractivity contribution in [2.45, 2.75) is 51.4 Å². The van der Waals surface area contributed by atoms with E-state index in [0.717, 1.165) is 54.8 Å². The number of nitrogens with one attached hydrogen (secondary N) is 2. The van der Waals surface area contributed by atoms with Gasteiger partial charge in [0.15, 0.2) is 5.82 Å². The van der Waals surface area contributed by atoms with Gasteiger partial charge < -0.3 is 30.8 Å². The summed E-state index contributed by atoms with van der Waals surface area (Å²) >= 11 is 0. The summed E-state index contributed by atoms with van der Waals surface area (Å²) in [6.07, 6.45) is 4.62. The van der Waals surface area contributed by atoms with E-state index in [4.69, 9.17) is 10.5 Å². The number of methoxy groups -OCH3 is 1. The monoisotopic (exact) mass is 467 g/mol. The van der Waals surface area contributed by atoms with Gasteiger partial charge in [-0.1, -0.05) is 25.5 Å². The standard InChI is InChI=1S/C25H37N7O2/c1-4-5-19(9-11-33)28-24-23-21(29-25(26)30-24)8-10-32(23)14-18-7-6-17(12-22(18)34-3)13-31-15-20(16-31)27-2/h6-8,10,12,19-20,27,33H,4-5,9,11,13-16H2,1-3H3,(H3,26,28,29,30). The molecule has 1 fully saturated rings. The zero-order valence-corrected chi connectivity index (χ0v) is 20.4. The van der Waals surface area contributed by atoms with Crippen molar-refractivity contribution >= 4 is 22.8 Å². The number of anilines is 2. The second-order valence-electron chi connectivity index (χ2n) is 9.08. The van der Waals surface area contributed by atoms with Crippen molar-refractivity contribution in [1.29, 1.82) is 0 Å². The van der Waals surface area contributed by atoms with Gasteiger partial charge in [0.2, 0.25) is 5.95 Å². The van der Waals surface area contributed by atoms with Gasteiger partial charge in [-0.15, -0.1) is 0 Å². The molecule has 9 nitrogen and oxygen atoms in total. The van der Waals surface area contributed by atoms with Crippen LogP contribution in [0, 0.1) is 0 Å². The summed E-state index contributed by atoms with van der Waals surface area (Å²) < 4.78 is 7.89. The minimum absolute atomic E-state index is 0.119. The number of ether oxygens (including phenoxy) is 1. The maximum Gasteiger partial charge on any atom is 0.222 e. The minimum Gasteiger partial charge on any atom is -0.496 e. The Labute approximate surface area is 201 Å². The molecule has 1 aliphatic heterocycles. The molecule has 2 aromatic heterocycles. The molecule has 1 aliphatic rings. The maximum atomic E-state index is 9.48. The van der Waals surface area contributed by atoms with E-state index in [-0.39, 0.29) is 18.6 Å². The molecule has 9 heteroatoms. The quantitative estimate of drug-likeness (QED) is 0.321. The molecule has 3 heterocycles. The fraction of sp³-hybridized carbons (Fsp3) is 0.520. The van der Waals surface area contributed by atoms with E-state index in [1.54, 1.807) is 7.11 Å². The Hall–Kier alpha value is -2.88. The van der Waals surface area contributed by atoms with E-state index in [1.807, 2.05) is 19.3 Å². The molecule has 0 radical (unpaired) electrons. The number of nitrogens with zero attached hydrogens (tertiary/aromatic N) is 4. The van der Waals surface area contributed by atoms with Gasteiger partial charge in [-0.25, -0.2) is 4.98 Å². The summed E-state index contributed by atoms with van der Waals surface area (Å²) in [5, 5.41) is 16.3. The third-order valence-corrected chi connectivity index (χ3v) is 6.55. The fourth-order valence-electron chi connectivity index (χ4n) is 4.68. The third-order valence-electron chi connectivity index (χ3n) is 6.55. The van der Waals surface area contributed by atoms with Crippen LogP contribution >= 0.6 is 0 Å². The molecule has 0 aliphatic carbocycles. The number of aromatic nitrogens is 3. The molecule has 3 aromatic rings. The van der Waals surface area contributed by atoms with Crippen LogP contribution in [0.2, 0.25) is 0 Å². The average molecular weight is 468 g/mol. The lowest BCUT2D eigenvalue weighted by Gasteiger charge is -2.39. The van der Waals surface area contributed by atoms with E-state index < -0.39 is 0 Å². The highest BCUT2D eigenvalue weighted by molar-refractivity contribution is 5.87.